The maximum atomic E-state index is 5.41. The van der Waals surface area contributed by atoms with Crippen LogP contribution in [0.2, 0.25) is 34.7 Å². The SMILES string of the molecule is [CH3][Al]([CH3])[Cl].[CH3][Al]([CH3])[Cl].[CH3][Al]([CH3])[Cl]. The Kier molecular flexibility index (Phi) is 26.5. The lowest BCUT2D eigenvalue weighted by Crippen LogP contribution is -1.78. The molecule has 0 aliphatic rings. The van der Waals surface area contributed by atoms with Gasteiger partial charge in [0, 0.05) is 0 Å². The number of hydrogen-bond donors (Lipinski definition) is 0. The first kappa shape index (κ1) is 20.0. The zero-order chi connectivity index (χ0) is 10.7. The first-order chi connectivity index (χ1) is 5.20. The summed E-state index contributed by atoms with van der Waals surface area (Å²) in [4.78, 5) is 0. The molecule has 0 fully saturated rings. The fourth-order valence-corrected chi connectivity index (χ4v) is 0. The minimum absolute atomic E-state index is 0.667. The molecule has 6 heteroatoms. The van der Waals surface area contributed by atoms with Crippen molar-refractivity contribution in [2.45, 2.75) is 34.7 Å². The molecule has 0 rings (SSSR count). The van der Waals surface area contributed by atoms with Gasteiger partial charge in [-0.15, -0.1) is 0 Å². The fourth-order valence-electron chi connectivity index (χ4n) is 0. The molecule has 12 heavy (non-hydrogen) atoms. The molecule has 0 saturated heterocycles. The van der Waals surface area contributed by atoms with Crippen LogP contribution in [0.4, 0.5) is 0 Å². The Labute approximate surface area is 103 Å². The summed E-state index contributed by atoms with van der Waals surface area (Å²) >= 11 is -2.00. The quantitative estimate of drug-likeness (QED) is 0.575. The van der Waals surface area contributed by atoms with Gasteiger partial charge in [-0.3, -0.25) is 30.1 Å². The Morgan fingerprint density at radius 2 is 0.500 bits per heavy atom. The number of rotatable bonds is 0. The Balaban J connectivity index is -0.000000101. The average molecular weight is 278 g/mol. The highest BCUT2D eigenvalue weighted by Crippen LogP contribution is 1.80. The van der Waals surface area contributed by atoms with E-state index in [2.05, 4.69) is 34.7 Å². The second-order valence-corrected chi connectivity index (χ2v) is 17.0. The molecule has 0 unspecified atom stereocenters. The summed E-state index contributed by atoms with van der Waals surface area (Å²) in [5.41, 5.74) is 0. The molecule has 0 bridgehead atoms. The molecule has 0 aromatic heterocycles. The zero-order valence-corrected chi connectivity index (χ0v) is 14.6. The van der Waals surface area contributed by atoms with Gasteiger partial charge in [-0.1, -0.05) is 34.7 Å². The molecule has 0 heterocycles. The van der Waals surface area contributed by atoms with Crippen LogP contribution in [0.15, 0.2) is 0 Å². The van der Waals surface area contributed by atoms with Crippen molar-refractivity contribution in [1.82, 2.24) is 0 Å². The molecule has 0 aliphatic carbocycles. The minimum Gasteiger partial charge on any atom is -0.262 e. The van der Waals surface area contributed by atoms with E-state index in [4.69, 9.17) is 30.1 Å². The van der Waals surface area contributed by atoms with Crippen molar-refractivity contribution in [2.75, 3.05) is 0 Å². The number of halogens is 3. The van der Waals surface area contributed by atoms with Gasteiger partial charge < -0.3 is 0 Å². The van der Waals surface area contributed by atoms with E-state index in [9.17, 15) is 0 Å². The third-order valence-corrected chi connectivity index (χ3v) is 0. The average Bonchev–Trinajstić information content (AvgIpc) is 1.54. The smallest absolute Gasteiger partial charge is 0.262 e. The standard InChI is InChI=1S/6CH3.3Al.3ClH/h6*1H3;;;;3*1H/q;;;;;;3*+1;;;/p-3. The second kappa shape index (κ2) is 15.9. The van der Waals surface area contributed by atoms with Crippen LogP contribution < -0.4 is 0 Å². The van der Waals surface area contributed by atoms with Crippen LogP contribution in [-0.4, -0.2) is 39.7 Å². The van der Waals surface area contributed by atoms with Crippen LogP contribution in [0.5, 0.6) is 0 Å². The van der Waals surface area contributed by atoms with E-state index in [1.165, 1.54) is 0 Å². The first-order valence-corrected chi connectivity index (χ1v) is 16.3. The van der Waals surface area contributed by atoms with Gasteiger partial charge in [0.2, 0.25) is 0 Å². The van der Waals surface area contributed by atoms with Crippen molar-refractivity contribution >= 4 is 69.8 Å². The van der Waals surface area contributed by atoms with Gasteiger partial charge >= 0.3 is 39.7 Å². The molecule has 0 saturated carbocycles. The van der Waals surface area contributed by atoms with Crippen LogP contribution in [0.25, 0.3) is 0 Å². The first-order valence-electron chi connectivity index (χ1n) is 4.12. The summed E-state index contributed by atoms with van der Waals surface area (Å²) in [7, 11) is 16.2. The summed E-state index contributed by atoms with van der Waals surface area (Å²) in [5, 5.41) is 0. The Bertz CT molecular complexity index is 46.5. The van der Waals surface area contributed by atoms with E-state index in [1.54, 1.807) is 0 Å². The molecule has 0 nitrogen and oxygen atoms in total. The lowest BCUT2D eigenvalue weighted by molar-refractivity contribution is 2.10. The van der Waals surface area contributed by atoms with Crippen LogP contribution in [0, 0.1) is 0 Å². The topological polar surface area (TPSA) is 0 Å². The van der Waals surface area contributed by atoms with Crippen molar-refractivity contribution in [3.8, 4) is 0 Å². The maximum Gasteiger partial charge on any atom is 0.393 e. The maximum absolute atomic E-state index is 5.41. The van der Waals surface area contributed by atoms with Crippen LogP contribution in [-0.2, 0) is 0 Å². The molecule has 0 spiro atoms. The molecule has 0 aliphatic heterocycles. The van der Waals surface area contributed by atoms with Crippen molar-refractivity contribution in [3.63, 3.8) is 0 Å². The third-order valence-electron chi connectivity index (χ3n) is 0. The van der Waals surface area contributed by atoms with Crippen molar-refractivity contribution < 1.29 is 0 Å². The normalized spacial score (nSPS) is 6.75. The highest BCUT2D eigenvalue weighted by Gasteiger charge is 1.88. The van der Waals surface area contributed by atoms with E-state index < -0.39 is 39.7 Å². The number of hydrogen-bond acceptors (Lipinski definition) is 0. The lowest BCUT2D eigenvalue weighted by Gasteiger charge is -1.63. The van der Waals surface area contributed by atoms with Crippen LogP contribution in [0.1, 0.15) is 0 Å². The molecule has 0 amide bonds. The molecule has 0 atom stereocenters. The van der Waals surface area contributed by atoms with E-state index in [-0.39, 0.29) is 0 Å². The molecular weight excluding hydrogens is 259 g/mol. The van der Waals surface area contributed by atoms with Gasteiger partial charge in [-0.2, -0.15) is 0 Å². The monoisotopic (exact) mass is 276 g/mol. The summed E-state index contributed by atoms with van der Waals surface area (Å²) in [6, 6.07) is 0. The molecule has 0 N–H and O–H groups in total. The van der Waals surface area contributed by atoms with Crippen LogP contribution >= 0.6 is 30.1 Å². The van der Waals surface area contributed by atoms with Crippen molar-refractivity contribution in [3.05, 3.63) is 0 Å². The highest BCUT2D eigenvalue weighted by molar-refractivity contribution is 7.06. The van der Waals surface area contributed by atoms with E-state index in [0.717, 1.165) is 0 Å². The summed E-state index contributed by atoms with van der Waals surface area (Å²) in [5.74, 6) is 12.4. The van der Waals surface area contributed by atoms with Gasteiger partial charge in [-0.25, -0.2) is 0 Å². The predicted octanol–water partition coefficient (Wildman–Crippen LogP) is 4.43. The summed E-state index contributed by atoms with van der Waals surface area (Å²) < 4.78 is 0. The van der Waals surface area contributed by atoms with Gasteiger partial charge in [0.1, 0.15) is 0 Å². The van der Waals surface area contributed by atoms with Crippen LogP contribution in [0.3, 0.4) is 0 Å². The molecule has 0 aromatic rings. The van der Waals surface area contributed by atoms with Gasteiger partial charge in [0.05, 0.1) is 0 Å². The highest BCUT2D eigenvalue weighted by atomic mass is 35.6. The van der Waals surface area contributed by atoms with Gasteiger partial charge in [0.15, 0.2) is 0 Å². The second-order valence-electron chi connectivity index (χ2n) is 3.04. The molecular formula is C6H18Al3Cl3. The molecule has 72 valence electrons. The minimum atomic E-state index is -0.667. The van der Waals surface area contributed by atoms with Gasteiger partial charge in [0.25, 0.3) is 0 Å². The van der Waals surface area contributed by atoms with Gasteiger partial charge in [-0.05, 0) is 0 Å². The lowest BCUT2D eigenvalue weighted by atomic mass is 11.9. The van der Waals surface area contributed by atoms with Crippen molar-refractivity contribution in [2.24, 2.45) is 0 Å². The predicted molar refractivity (Wildman–Crippen MR) is 70.0 cm³/mol. The summed E-state index contributed by atoms with van der Waals surface area (Å²) in [6.45, 7) is 0. The zero-order valence-electron chi connectivity index (χ0n) is 8.87. The fraction of sp³-hybridized carbons (Fsp3) is 1.00. The Morgan fingerprint density at radius 1 is 0.500 bits per heavy atom. The largest absolute Gasteiger partial charge is 0.393 e. The Hall–Kier alpha value is 2.47. The molecule has 0 radical (unpaired) electrons. The van der Waals surface area contributed by atoms with E-state index in [0.29, 0.717) is 0 Å². The van der Waals surface area contributed by atoms with Crippen molar-refractivity contribution in [1.29, 1.82) is 0 Å². The molecule has 0 aromatic carbocycles. The third kappa shape index (κ3) is 269. The van der Waals surface area contributed by atoms with E-state index >= 15 is 0 Å². The summed E-state index contributed by atoms with van der Waals surface area (Å²) in [6.07, 6.45) is 0. The Morgan fingerprint density at radius 3 is 0.500 bits per heavy atom. The van der Waals surface area contributed by atoms with E-state index in [1.807, 2.05) is 0 Å².